The number of nitrogens with zero attached hydrogens (tertiary/aromatic N) is 5. The molecular weight excluding hydrogens is 466 g/mol. The van der Waals surface area contributed by atoms with E-state index in [1.807, 2.05) is 47.0 Å². The molecule has 1 atom stereocenters. The maximum Gasteiger partial charge on any atom is 0.274 e. The summed E-state index contributed by atoms with van der Waals surface area (Å²) in [6.07, 6.45) is 4.68. The number of aromatic nitrogens is 2. The number of pyridine rings is 1. The number of piperazine rings is 1. The number of sulfonamides is 1. The Labute approximate surface area is 205 Å². The highest BCUT2D eigenvalue weighted by atomic mass is 32.2. The first-order valence-electron chi connectivity index (χ1n) is 11.9. The molecule has 0 unspecified atom stereocenters. The Morgan fingerprint density at radius 1 is 0.886 bits per heavy atom. The van der Waals surface area contributed by atoms with Crippen LogP contribution in [0.4, 0.5) is 0 Å². The lowest BCUT2D eigenvalue weighted by Gasteiger charge is -2.34. The van der Waals surface area contributed by atoms with Crippen LogP contribution in [0.3, 0.4) is 0 Å². The molecule has 2 aromatic heterocycles. The first-order valence-corrected chi connectivity index (χ1v) is 13.7. The number of hydrogen-bond acceptors (Lipinski definition) is 5. The Morgan fingerprint density at radius 2 is 1.54 bits per heavy atom. The number of hydrogen-bond donors (Lipinski definition) is 0. The zero-order valence-electron chi connectivity index (χ0n) is 19.7. The number of amides is 2. The Hall–Kier alpha value is -3.24. The number of imidazole rings is 1. The Morgan fingerprint density at radius 3 is 2.23 bits per heavy atom. The van der Waals surface area contributed by atoms with Gasteiger partial charge >= 0.3 is 0 Å². The lowest BCUT2D eigenvalue weighted by Crippen LogP contribution is -2.50. The van der Waals surface area contributed by atoms with Crippen LogP contribution in [0.1, 0.15) is 45.4 Å². The zero-order valence-corrected chi connectivity index (χ0v) is 20.5. The van der Waals surface area contributed by atoms with Crippen molar-refractivity contribution in [3.8, 4) is 0 Å². The van der Waals surface area contributed by atoms with Gasteiger partial charge in [0.1, 0.15) is 5.82 Å². The lowest BCUT2D eigenvalue weighted by molar-refractivity contribution is 0.0533. The molecule has 1 aromatic carbocycles. The molecule has 0 spiro atoms. The Balaban J connectivity index is 1.35. The molecule has 184 valence electrons. The van der Waals surface area contributed by atoms with E-state index < -0.39 is 10.0 Å². The van der Waals surface area contributed by atoms with Gasteiger partial charge in [0.05, 0.1) is 11.8 Å². The third-order valence-corrected chi connectivity index (χ3v) is 8.14. The highest BCUT2D eigenvalue weighted by Gasteiger charge is 2.32. The fourth-order valence-electron chi connectivity index (χ4n) is 4.99. The quantitative estimate of drug-likeness (QED) is 0.552. The monoisotopic (exact) mass is 495 g/mol. The zero-order chi connectivity index (χ0) is 24.6. The summed E-state index contributed by atoms with van der Waals surface area (Å²) >= 11 is 0. The third kappa shape index (κ3) is 4.68. The minimum absolute atomic E-state index is 0.0276. The standard InChI is InChI=1S/C25H29N5O4S/c1-35(33,34)29-12-7-10-20(18-29)23-26-22(21-11-5-6-13-30(21)23)25(32)28-16-14-27(15-17-28)24(31)19-8-3-2-4-9-19/h2-6,8-9,11,13,20H,7,10,12,14-18H2,1H3/t20-/m0/s1. The minimum Gasteiger partial charge on any atom is -0.335 e. The molecule has 3 aromatic rings. The Bertz CT molecular complexity index is 1350. The predicted molar refractivity (Wildman–Crippen MR) is 132 cm³/mol. The van der Waals surface area contributed by atoms with Crippen molar-refractivity contribution < 1.29 is 18.0 Å². The van der Waals surface area contributed by atoms with Gasteiger partial charge < -0.3 is 14.2 Å². The predicted octanol–water partition coefficient (Wildman–Crippen LogP) is 2.07. The SMILES string of the molecule is CS(=O)(=O)N1CCC[C@H](c2nc(C(=O)N3CCN(C(=O)c4ccccc4)CC3)c3ccccn23)C1. The molecular formula is C25H29N5O4S. The smallest absolute Gasteiger partial charge is 0.274 e. The van der Waals surface area contributed by atoms with Crippen molar-refractivity contribution in [3.63, 3.8) is 0 Å². The topological polar surface area (TPSA) is 95.3 Å². The summed E-state index contributed by atoms with van der Waals surface area (Å²) in [4.78, 5) is 34.6. The second-order valence-corrected chi connectivity index (χ2v) is 11.2. The van der Waals surface area contributed by atoms with Crippen LogP contribution < -0.4 is 0 Å². The van der Waals surface area contributed by atoms with Gasteiger partial charge in [0, 0.05) is 56.9 Å². The Kier molecular flexibility index (Phi) is 6.33. The number of carbonyl (C=O) groups excluding carboxylic acids is 2. The van der Waals surface area contributed by atoms with Gasteiger partial charge in [-0.05, 0) is 37.1 Å². The van der Waals surface area contributed by atoms with Gasteiger partial charge in [0.2, 0.25) is 10.0 Å². The van der Waals surface area contributed by atoms with Gasteiger partial charge in [0.25, 0.3) is 11.8 Å². The molecule has 0 radical (unpaired) electrons. The molecule has 2 amide bonds. The highest BCUT2D eigenvalue weighted by molar-refractivity contribution is 7.88. The summed E-state index contributed by atoms with van der Waals surface area (Å²) in [5.41, 5.74) is 1.74. The van der Waals surface area contributed by atoms with Gasteiger partial charge in [-0.2, -0.15) is 0 Å². The minimum atomic E-state index is -3.29. The van der Waals surface area contributed by atoms with E-state index in [1.165, 1.54) is 10.6 Å². The lowest BCUT2D eigenvalue weighted by atomic mass is 9.99. The molecule has 5 rings (SSSR count). The third-order valence-electron chi connectivity index (χ3n) is 6.87. The highest BCUT2D eigenvalue weighted by Crippen LogP contribution is 2.29. The average Bonchev–Trinajstić information content (AvgIpc) is 3.28. The summed E-state index contributed by atoms with van der Waals surface area (Å²) in [5, 5.41) is 0. The summed E-state index contributed by atoms with van der Waals surface area (Å²) in [7, 11) is -3.29. The summed E-state index contributed by atoms with van der Waals surface area (Å²) in [6.45, 7) is 2.67. The van der Waals surface area contributed by atoms with Crippen molar-refractivity contribution in [2.45, 2.75) is 18.8 Å². The first kappa shape index (κ1) is 23.5. The van der Waals surface area contributed by atoms with E-state index in [0.29, 0.717) is 56.0 Å². The molecule has 0 saturated carbocycles. The van der Waals surface area contributed by atoms with E-state index in [2.05, 4.69) is 0 Å². The van der Waals surface area contributed by atoms with Gasteiger partial charge in [-0.25, -0.2) is 17.7 Å². The molecule has 0 bridgehead atoms. The van der Waals surface area contributed by atoms with E-state index >= 15 is 0 Å². The van der Waals surface area contributed by atoms with E-state index in [-0.39, 0.29) is 17.7 Å². The molecule has 2 fully saturated rings. The average molecular weight is 496 g/mol. The van der Waals surface area contributed by atoms with Crippen molar-refractivity contribution in [1.82, 2.24) is 23.5 Å². The van der Waals surface area contributed by atoms with Crippen LogP contribution >= 0.6 is 0 Å². The van der Waals surface area contributed by atoms with Crippen LogP contribution in [0.2, 0.25) is 0 Å². The fourth-order valence-corrected chi connectivity index (χ4v) is 5.90. The van der Waals surface area contributed by atoms with E-state index in [0.717, 1.165) is 18.7 Å². The molecule has 10 heteroatoms. The number of piperidine rings is 1. The number of rotatable bonds is 4. The van der Waals surface area contributed by atoms with Crippen molar-refractivity contribution >= 4 is 27.4 Å². The molecule has 0 N–H and O–H groups in total. The van der Waals surface area contributed by atoms with E-state index in [4.69, 9.17) is 4.98 Å². The van der Waals surface area contributed by atoms with Gasteiger partial charge in [-0.3, -0.25) is 9.59 Å². The van der Waals surface area contributed by atoms with E-state index in [9.17, 15) is 18.0 Å². The molecule has 2 aliphatic heterocycles. The normalized spacial score (nSPS) is 19.7. The van der Waals surface area contributed by atoms with Gasteiger partial charge in [-0.1, -0.05) is 24.3 Å². The van der Waals surface area contributed by atoms with Crippen LogP contribution in [0.25, 0.3) is 5.52 Å². The molecule has 2 aliphatic rings. The van der Waals surface area contributed by atoms with Crippen LogP contribution in [0.5, 0.6) is 0 Å². The van der Waals surface area contributed by atoms with Crippen molar-refractivity contribution in [2.75, 3.05) is 45.5 Å². The van der Waals surface area contributed by atoms with Crippen LogP contribution in [0, 0.1) is 0 Å². The van der Waals surface area contributed by atoms with Gasteiger partial charge in [-0.15, -0.1) is 0 Å². The van der Waals surface area contributed by atoms with Crippen molar-refractivity contribution in [2.24, 2.45) is 0 Å². The summed E-state index contributed by atoms with van der Waals surface area (Å²) in [6, 6.07) is 14.8. The molecule has 0 aliphatic carbocycles. The summed E-state index contributed by atoms with van der Waals surface area (Å²) in [5.74, 6) is 0.438. The molecule has 9 nitrogen and oxygen atoms in total. The van der Waals surface area contributed by atoms with Crippen LogP contribution in [-0.2, 0) is 10.0 Å². The molecule has 2 saturated heterocycles. The van der Waals surface area contributed by atoms with Crippen molar-refractivity contribution in [1.29, 1.82) is 0 Å². The number of fused-ring (bicyclic) bond motifs is 1. The maximum absolute atomic E-state index is 13.5. The fraction of sp³-hybridized carbons (Fsp3) is 0.400. The largest absolute Gasteiger partial charge is 0.335 e. The molecule has 4 heterocycles. The second kappa shape index (κ2) is 9.43. The molecule has 35 heavy (non-hydrogen) atoms. The van der Waals surface area contributed by atoms with Crippen LogP contribution in [-0.4, -0.2) is 89.2 Å². The van der Waals surface area contributed by atoms with Crippen LogP contribution in [0.15, 0.2) is 54.7 Å². The first-order chi connectivity index (χ1) is 16.8. The van der Waals surface area contributed by atoms with Gasteiger partial charge in [0.15, 0.2) is 5.69 Å². The number of benzene rings is 1. The van der Waals surface area contributed by atoms with Crippen molar-refractivity contribution in [3.05, 3.63) is 71.8 Å². The summed E-state index contributed by atoms with van der Waals surface area (Å²) < 4.78 is 27.7. The second-order valence-electron chi connectivity index (χ2n) is 9.19. The van der Waals surface area contributed by atoms with E-state index in [1.54, 1.807) is 21.9 Å². The number of carbonyl (C=O) groups is 2. The maximum atomic E-state index is 13.5.